The maximum absolute atomic E-state index is 13.0. The topological polar surface area (TPSA) is 63.2 Å². The zero-order chi connectivity index (χ0) is 20.6. The molecule has 0 saturated carbocycles. The fourth-order valence-electron chi connectivity index (χ4n) is 3.24. The minimum Gasteiger partial charge on any atom is -0.288 e. The number of rotatable bonds is 6. The maximum Gasteiger partial charge on any atom is 0.241 e. The Labute approximate surface area is 174 Å². The van der Waals surface area contributed by atoms with Crippen molar-refractivity contribution >= 4 is 38.5 Å². The number of nitrogens with one attached hydrogen (secondary N) is 1. The van der Waals surface area contributed by atoms with Crippen LogP contribution in [0.15, 0.2) is 33.9 Å². The Kier molecular flexibility index (Phi) is 5.91. The van der Waals surface area contributed by atoms with Gasteiger partial charge in [0, 0.05) is 22.4 Å². The van der Waals surface area contributed by atoms with Gasteiger partial charge in [-0.05, 0) is 86.0 Å². The number of carbonyl (C=O) groups is 1. The summed E-state index contributed by atoms with van der Waals surface area (Å²) in [6.45, 7) is 9.80. The van der Waals surface area contributed by atoms with Crippen LogP contribution in [-0.2, 0) is 16.6 Å². The van der Waals surface area contributed by atoms with Crippen LogP contribution in [0.1, 0.15) is 47.9 Å². The average Bonchev–Trinajstić information content (AvgIpc) is 3.34. The van der Waals surface area contributed by atoms with E-state index >= 15 is 0 Å². The molecule has 2 aromatic heterocycles. The van der Waals surface area contributed by atoms with Crippen LogP contribution >= 0.6 is 22.7 Å². The quantitative estimate of drug-likeness (QED) is 0.553. The van der Waals surface area contributed by atoms with E-state index in [0.717, 1.165) is 32.7 Å². The van der Waals surface area contributed by atoms with Crippen LogP contribution in [0.3, 0.4) is 0 Å². The van der Waals surface area contributed by atoms with Crippen LogP contribution in [0.5, 0.6) is 0 Å². The molecular formula is C21H23NO3S3. The molecule has 4 nitrogen and oxygen atoms in total. The Bertz CT molecular complexity index is 1110. The number of hydrogen-bond donors (Lipinski definition) is 1. The second kappa shape index (κ2) is 7.91. The van der Waals surface area contributed by atoms with E-state index in [9.17, 15) is 13.2 Å². The van der Waals surface area contributed by atoms with E-state index in [1.165, 1.54) is 22.7 Å². The third-order valence-electron chi connectivity index (χ3n) is 5.31. The van der Waals surface area contributed by atoms with Gasteiger partial charge >= 0.3 is 0 Å². The molecule has 28 heavy (non-hydrogen) atoms. The first-order valence-electron chi connectivity index (χ1n) is 8.85. The first-order valence-corrected chi connectivity index (χ1v) is 12.1. The van der Waals surface area contributed by atoms with E-state index in [-0.39, 0.29) is 12.3 Å². The van der Waals surface area contributed by atoms with Crippen LogP contribution in [-0.4, -0.2) is 14.2 Å². The smallest absolute Gasteiger partial charge is 0.241 e. The predicted octanol–water partition coefficient (Wildman–Crippen LogP) is 5.06. The van der Waals surface area contributed by atoms with Crippen LogP contribution in [0.25, 0.3) is 0 Å². The Morgan fingerprint density at radius 3 is 2.11 bits per heavy atom. The second-order valence-electron chi connectivity index (χ2n) is 6.89. The molecule has 0 fully saturated rings. The fraction of sp³-hybridized carbons (Fsp3) is 0.286. The summed E-state index contributed by atoms with van der Waals surface area (Å²) in [5.74, 6) is -0.0307. The van der Waals surface area contributed by atoms with Crippen molar-refractivity contribution in [2.24, 2.45) is 0 Å². The van der Waals surface area contributed by atoms with Gasteiger partial charge < -0.3 is 0 Å². The van der Waals surface area contributed by atoms with Gasteiger partial charge in [0.25, 0.3) is 0 Å². The molecular weight excluding hydrogens is 410 g/mol. The number of thiophene rings is 2. The molecule has 3 aromatic rings. The normalized spacial score (nSPS) is 11.8. The summed E-state index contributed by atoms with van der Waals surface area (Å²) in [7, 11) is -3.66. The zero-order valence-corrected chi connectivity index (χ0v) is 19.0. The van der Waals surface area contributed by atoms with Crippen molar-refractivity contribution < 1.29 is 13.2 Å². The lowest BCUT2D eigenvalue weighted by atomic mass is 9.95. The van der Waals surface area contributed by atoms with Crippen molar-refractivity contribution in [3.05, 3.63) is 72.1 Å². The largest absolute Gasteiger partial charge is 0.288 e. The Balaban J connectivity index is 1.83. The van der Waals surface area contributed by atoms with Crippen LogP contribution in [0.4, 0.5) is 0 Å². The molecule has 0 aliphatic carbocycles. The number of sulfonamides is 1. The summed E-state index contributed by atoms with van der Waals surface area (Å²) >= 11 is 2.80. The van der Waals surface area contributed by atoms with Gasteiger partial charge in [0.2, 0.25) is 15.8 Å². The first kappa shape index (κ1) is 20.9. The Morgan fingerprint density at radius 1 is 0.929 bits per heavy atom. The average molecular weight is 434 g/mol. The molecule has 0 atom stereocenters. The zero-order valence-electron chi connectivity index (χ0n) is 16.5. The van der Waals surface area contributed by atoms with Crippen molar-refractivity contribution in [2.75, 3.05) is 0 Å². The van der Waals surface area contributed by atoms with E-state index in [2.05, 4.69) is 4.72 Å². The van der Waals surface area contributed by atoms with Gasteiger partial charge in [0.05, 0.1) is 9.77 Å². The summed E-state index contributed by atoms with van der Waals surface area (Å²) < 4.78 is 28.7. The summed E-state index contributed by atoms with van der Waals surface area (Å²) in [5, 5.41) is 3.68. The number of hydrogen-bond acceptors (Lipinski definition) is 5. The third-order valence-corrected chi connectivity index (χ3v) is 8.75. The molecule has 0 saturated heterocycles. The van der Waals surface area contributed by atoms with Gasteiger partial charge in [-0.25, -0.2) is 13.1 Å². The highest BCUT2D eigenvalue weighted by molar-refractivity contribution is 7.89. The molecule has 0 unspecified atom stereocenters. The van der Waals surface area contributed by atoms with Crippen molar-refractivity contribution in [1.82, 2.24) is 4.72 Å². The van der Waals surface area contributed by atoms with Crippen molar-refractivity contribution in [3.63, 3.8) is 0 Å². The van der Waals surface area contributed by atoms with Gasteiger partial charge in [0.15, 0.2) is 0 Å². The van der Waals surface area contributed by atoms with Crippen LogP contribution < -0.4 is 4.72 Å². The predicted molar refractivity (Wildman–Crippen MR) is 116 cm³/mol. The molecule has 0 amide bonds. The van der Waals surface area contributed by atoms with Gasteiger partial charge in [-0.3, -0.25) is 4.79 Å². The number of ketones is 1. The van der Waals surface area contributed by atoms with E-state index in [1.54, 1.807) is 18.2 Å². The SMILES string of the molecule is Cc1c(C)c(C)c(S(=O)(=O)NCc2ccc(C(=O)c3ccsc3)s2)c(C)c1C. The lowest BCUT2D eigenvalue weighted by Crippen LogP contribution is -2.25. The van der Waals surface area contributed by atoms with E-state index in [0.29, 0.717) is 15.3 Å². The highest BCUT2D eigenvalue weighted by Gasteiger charge is 2.23. The number of carbonyl (C=O) groups excluding carboxylic acids is 1. The van der Waals surface area contributed by atoms with Crippen molar-refractivity contribution in [3.8, 4) is 0 Å². The molecule has 1 aromatic carbocycles. The molecule has 148 valence electrons. The van der Waals surface area contributed by atoms with Gasteiger partial charge in [-0.15, -0.1) is 11.3 Å². The summed E-state index contributed by atoms with van der Waals surface area (Å²) in [4.78, 5) is 14.2. The third kappa shape index (κ3) is 3.85. The standard InChI is InChI=1S/C21H23NO3S3/c1-12-13(2)15(4)21(16(5)14(12)3)28(24,25)22-10-18-6-7-19(27-18)20(23)17-8-9-26-11-17/h6-9,11,22H,10H2,1-5H3. The van der Waals surface area contributed by atoms with Gasteiger partial charge in [0.1, 0.15) is 0 Å². The minimum atomic E-state index is -3.66. The van der Waals surface area contributed by atoms with E-state index in [1.807, 2.05) is 45.4 Å². The first-order chi connectivity index (χ1) is 13.1. The molecule has 2 heterocycles. The Hall–Kier alpha value is -1.80. The minimum absolute atomic E-state index is 0.0307. The molecule has 0 radical (unpaired) electrons. The molecule has 0 bridgehead atoms. The van der Waals surface area contributed by atoms with E-state index in [4.69, 9.17) is 0 Å². The van der Waals surface area contributed by atoms with E-state index < -0.39 is 10.0 Å². The second-order valence-corrected chi connectivity index (χ2v) is 10.5. The summed E-state index contributed by atoms with van der Waals surface area (Å²) in [6, 6.07) is 5.35. The van der Waals surface area contributed by atoms with Gasteiger partial charge in [-0.1, -0.05) is 0 Å². The lowest BCUT2D eigenvalue weighted by Gasteiger charge is -2.18. The lowest BCUT2D eigenvalue weighted by molar-refractivity contribution is 0.104. The highest BCUT2D eigenvalue weighted by atomic mass is 32.2. The molecule has 0 spiro atoms. The summed E-state index contributed by atoms with van der Waals surface area (Å²) in [6.07, 6.45) is 0. The fourth-order valence-corrected chi connectivity index (χ4v) is 6.48. The molecule has 0 aliphatic rings. The van der Waals surface area contributed by atoms with Crippen molar-refractivity contribution in [1.29, 1.82) is 0 Å². The monoisotopic (exact) mass is 433 g/mol. The highest BCUT2D eigenvalue weighted by Crippen LogP contribution is 2.30. The molecule has 0 aliphatic heterocycles. The summed E-state index contributed by atoms with van der Waals surface area (Å²) in [5.41, 5.74) is 5.37. The van der Waals surface area contributed by atoms with Crippen molar-refractivity contribution in [2.45, 2.75) is 46.1 Å². The molecule has 3 rings (SSSR count). The molecule has 7 heteroatoms. The van der Waals surface area contributed by atoms with Crippen LogP contribution in [0.2, 0.25) is 0 Å². The maximum atomic E-state index is 13.0. The van der Waals surface area contributed by atoms with Gasteiger partial charge in [-0.2, -0.15) is 11.3 Å². The Morgan fingerprint density at radius 2 is 1.54 bits per heavy atom. The molecule has 1 N–H and O–H groups in total. The number of benzene rings is 1. The van der Waals surface area contributed by atoms with Crippen LogP contribution in [0, 0.1) is 34.6 Å².